The van der Waals surface area contributed by atoms with Gasteiger partial charge in [-0.3, -0.25) is 10.1 Å². The summed E-state index contributed by atoms with van der Waals surface area (Å²) in [6, 6.07) is 8.71. The van der Waals surface area contributed by atoms with Gasteiger partial charge >= 0.3 is 0 Å². The first kappa shape index (κ1) is 16.6. The molecule has 0 radical (unpaired) electrons. The highest BCUT2D eigenvalue weighted by molar-refractivity contribution is 5.86. The number of halogens is 2. The van der Waals surface area contributed by atoms with Crippen molar-refractivity contribution in [2.24, 2.45) is 0 Å². The molecule has 1 aliphatic heterocycles. The lowest BCUT2D eigenvalue weighted by molar-refractivity contribution is -0.123. The highest BCUT2D eigenvalue weighted by Crippen LogP contribution is 2.25. The molecule has 0 spiro atoms. The van der Waals surface area contributed by atoms with E-state index in [1.807, 2.05) is 49.3 Å². The van der Waals surface area contributed by atoms with Crippen molar-refractivity contribution in [2.45, 2.75) is 24.9 Å². The van der Waals surface area contributed by atoms with Gasteiger partial charge in [0.25, 0.3) is 5.92 Å². The summed E-state index contributed by atoms with van der Waals surface area (Å²) in [4.78, 5) is 18.6. The molecule has 1 unspecified atom stereocenters. The van der Waals surface area contributed by atoms with Crippen molar-refractivity contribution < 1.29 is 13.6 Å². The number of nitrogens with zero attached hydrogens (tertiary/aromatic N) is 2. The van der Waals surface area contributed by atoms with Crippen LogP contribution < -0.4 is 15.5 Å². The highest BCUT2D eigenvalue weighted by atomic mass is 19.3. The Morgan fingerprint density at radius 3 is 2.83 bits per heavy atom. The zero-order valence-electron chi connectivity index (χ0n) is 13.6. The maximum Gasteiger partial charge on any atom is 0.262 e. The molecule has 128 valence electrons. The fraction of sp³-hybridized carbons (Fsp3) is 0.412. The third kappa shape index (κ3) is 3.46. The molecular weight excluding hydrogens is 314 g/mol. The van der Waals surface area contributed by atoms with Gasteiger partial charge in [0.15, 0.2) is 0 Å². The van der Waals surface area contributed by atoms with Crippen LogP contribution in [0.4, 0.5) is 14.6 Å². The predicted octanol–water partition coefficient (Wildman–Crippen LogP) is 1.91. The van der Waals surface area contributed by atoms with E-state index >= 15 is 0 Å². The molecule has 2 N–H and O–H groups in total. The number of benzene rings is 1. The summed E-state index contributed by atoms with van der Waals surface area (Å²) in [7, 11) is 3.79. The van der Waals surface area contributed by atoms with Crippen LogP contribution in [0.2, 0.25) is 0 Å². The van der Waals surface area contributed by atoms with E-state index in [-0.39, 0.29) is 6.54 Å². The van der Waals surface area contributed by atoms with Gasteiger partial charge < -0.3 is 10.2 Å². The quantitative estimate of drug-likeness (QED) is 0.897. The number of nitrogens with one attached hydrogen (secondary N) is 2. The summed E-state index contributed by atoms with van der Waals surface area (Å²) in [6.07, 6.45) is -0.459. The van der Waals surface area contributed by atoms with E-state index in [1.54, 1.807) is 0 Å². The largest absolute Gasteiger partial charge is 0.363 e. The number of amides is 1. The molecule has 1 atom stereocenters. The Morgan fingerprint density at radius 2 is 2.17 bits per heavy atom. The van der Waals surface area contributed by atoms with Crippen LogP contribution in [0.3, 0.4) is 0 Å². The summed E-state index contributed by atoms with van der Waals surface area (Å²) in [5.41, 5.74) is 1.74. The van der Waals surface area contributed by atoms with Crippen molar-refractivity contribution in [3.8, 4) is 0 Å². The molecule has 1 aromatic carbocycles. The van der Waals surface area contributed by atoms with Crippen molar-refractivity contribution in [3.05, 3.63) is 35.9 Å². The number of alkyl halides is 2. The Balaban J connectivity index is 1.78. The predicted molar refractivity (Wildman–Crippen MR) is 89.3 cm³/mol. The Labute approximate surface area is 139 Å². The summed E-state index contributed by atoms with van der Waals surface area (Å²) in [5, 5.41) is 6.26. The number of hydrogen-bond donors (Lipinski definition) is 2. The number of fused-ring (bicyclic) bond motifs is 1. The number of rotatable bonds is 4. The van der Waals surface area contributed by atoms with E-state index in [9.17, 15) is 13.6 Å². The van der Waals surface area contributed by atoms with Crippen LogP contribution in [0.25, 0.3) is 10.9 Å². The molecule has 0 saturated carbocycles. The topological polar surface area (TPSA) is 57.3 Å². The fourth-order valence-corrected chi connectivity index (χ4v) is 2.81. The van der Waals surface area contributed by atoms with Gasteiger partial charge in [-0.1, -0.05) is 18.2 Å². The van der Waals surface area contributed by atoms with E-state index in [1.165, 1.54) is 0 Å². The van der Waals surface area contributed by atoms with Crippen molar-refractivity contribution in [3.63, 3.8) is 0 Å². The molecule has 7 heteroatoms. The minimum absolute atomic E-state index is 0.270. The first-order valence-electron chi connectivity index (χ1n) is 7.81. The second-order valence-electron chi connectivity index (χ2n) is 6.26. The number of anilines is 1. The minimum Gasteiger partial charge on any atom is -0.363 e. The Hall–Kier alpha value is -2.28. The molecule has 0 bridgehead atoms. The number of carbonyl (C=O) groups excluding carboxylic acids is 1. The summed E-state index contributed by atoms with van der Waals surface area (Å²) in [5.74, 6) is -2.44. The standard InChI is InChI=1S/C17H20F2N4O/c1-23(2)15-7-11(12-5-3-4-6-13(12)22-15)9-20-16(24)14-8-17(18,19)10-21-14/h3-7,14,21H,8-10H2,1-2H3,(H,20,24). The van der Waals surface area contributed by atoms with E-state index < -0.39 is 30.8 Å². The Bertz CT molecular complexity index is 763. The van der Waals surface area contributed by atoms with Crippen LogP contribution >= 0.6 is 0 Å². The maximum atomic E-state index is 13.2. The lowest BCUT2D eigenvalue weighted by Gasteiger charge is -2.16. The van der Waals surface area contributed by atoms with Crippen molar-refractivity contribution in [1.82, 2.24) is 15.6 Å². The second kappa shape index (κ2) is 6.32. The summed E-state index contributed by atoms with van der Waals surface area (Å²) >= 11 is 0. The zero-order valence-corrected chi connectivity index (χ0v) is 13.6. The summed E-state index contributed by atoms with van der Waals surface area (Å²) < 4.78 is 26.4. The molecule has 1 fully saturated rings. The number of pyridine rings is 1. The SMILES string of the molecule is CN(C)c1cc(CNC(=O)C2CC(F)(F)CN2)c2ccccc2n1. The van der Waals surface area contributed by atoms with E-state index in [4.69, 9.17) is 0 Å². The smallest absolute Gasteiger partial charge is 0.262 e. The number of para-hydroxylation sites is 1. The lowest BCUT2D eigenvalue weighted by Crippen LogP contribution is -2.40. The molecule has 2 aromatic rings. The third-order valence-electron chi connectivity index (χ3n) is 4.13. The van der Waals surface area contributed by atoms with Crippen LogP contribution in [0.1, 0.15) is 12.0 Å². The van der Waals surface area contributed by atoms with Gasteiger partial charge in [-0.15, -0.1) is 0 Å². The molecule has 0 aliphatic carbocycles. The van der Waals surface area contributed by atoms with Gasteiger partial charge in [0, 0.05) is 32.4 Å². The fourth-order valence-electron chi connectivity index (χ4n) is 2.81. The first-order valence-corrected chi connectivity index (χ1v) is 7.81. The molecule has 1 aliphatic rings. The normalized spacial score (nSPS) is 19.4. The monoisotopic (exact) mass is 334 g/mol. The molecule has 1 amide bonds. The van der Waals surface area contributed by atoms with Gasteiger partial charge in [0.2, 0.25) is 5.91 Å². The van der Waals surface area contributed by atoms with Gasteiger partial charge in [0.05, 0.1) is 18.1 Å². The van der Waals surface area contributed by atoms with E-state index in [2.05, 4.69) is 15.6 Å². The van der Waals surface area contributed by atoms with Crippen LogP contribution in [0, 0.1) is 0 Å². The average molecular weight is 334 g/mol. The third-order valence-corrected chi connectivity index (χ3v) is 4.13. The molecule has 1 aromatic heterocycles. The van der Waals surface area contributed by atoms with Crippen LogP contribution in [-0.2, 0) is 11.3 Å². The number of hydrogen-bond acceptors (Lipinski definition) is 4. The number of aromatic nitrogens is 1. The highest BCUT2D eigenvalue weighted by Gasteiger charge is 2.42. The average Bonchev–Trinajstić information content (AvgIpc) is 2.92. The van der Waals surface area contributed by atoms with Crippen molar-refractivity contribution in [2.75, 3.05) is 25.5 Å². The van der Waals surface area contributed by atoms with Crippen LogP contribution in [0.15, 0.2) is 30.3 Å². The van der Waals surface area contributed by atoms with Gasteiger partial charge in [-0.2, -0.15) is 0 Å². The van der Waals surface area contributed by atoms with Crippen molar-refractivity contribution >= 4 is 22.6 Å². The molecule has 5 nitrogen and oxygen atoms in total. The minimum atomic E-state index is -2.82. The van der Waals surface area contributed by atoms with Gasteiger partial charge in [-0.05, 0) is 17.7 Å². The van der Waals surface area contributed by atoms with Gasteiger partial charge in [-0.25, -0.2) is 13.8 Å². The zero-order chi connectivity index (χ0) is 17.3. The molecule has 1 saturated heterocycles. The Kier molecular flexibility index (Phi) is 4.36. The van der Waals surface area contributed by atoms with Crippen LogP contribution in [-0.4, -0.2) is 43.5 Å². The van der Waals surface area contributed by atoms with Crippen molar-refractivity contribution in [1.29, 1.82) is 0 Å². The number of carbonyl (C=O) groups is 1. The molecular formula is C17H20F2N4O. The lowest BCUT2D eigenvalue weighted by atomic mass is 10.1. The molecule has 3 rings (SSSR count). The maximum absolute atomic E-state index is 13.2. The Morgan fingerprint density at radius 1 is 1.42 bits per heavy atom. The van der Waals surface area contributed by atoms with Crippen LogP contribution in [0.5, 0.6) is 0 Å². The molecule has 2 heterocycles. The summed E-state index contributed by atoms with van der Waals surface area (Å²) in [6.45, 7) is -0.180. The van der Waals surface area contributed by atoms with E-state index in [0.717, 1.165) is 22.3 Å². The second-order valence-corrected chi connectivity index (χ2v) is 6.26. The molecule has 24 heavy (non-hydrogen) atoms. The van der Waals surface area contributed by atoms with Gasteiger partial charge in [0.1, 0.15) is 5.82 Å². The first-order chi connectivity index (χ1) is 11.4. The van der Waals surface area contributed by atoms with E-state index in [0.29, 0.717) is 0 Å².